The maximum absolute atomic E-state index is 12.4. The Labute approximate surface area is 99.8 Å². The summed E-state index contributed by atoms with van der Waals surface area (Å²) in [6.45, 7) is 2.22. The van der Waals surface area contributed by atoms with E-state index in [2.05, 4.69) is 23.5 Å². The summed E-state index contributed by atoms with van der Waals surface area (Å²) in [5, 5.41) is 3.27. The van der Waals surface area contributed by atoms with Gasteiger partial charge in [0.2, 0.25) is 5.91 Å². The van der Waals surface area contributed by atoms with Gasteiger partial charge in [-0.05, 0) is 17.5 Å². The van der Waals surface area contributed by atoms with E-state index in [0.717, 1.165) is 24.2 Å². The van der Waals surface area contributed by atoms with Crippen molar-refractivity contribution in [1.29, 1.82) is 0 Å². The molecule has 3 aliphatic heterocycles. The predicted octanol–water partition coefficient (Wildman–Crippen LogP) is -0.0373. The van der Waals surface area contributed by atoms with Gasteiger partial charge < -0.3 is 16.0 Å². The fourth-order valence-corrected chi connectivity index (χ4v) is 3.56. The standard InChI is InChI=1S/C13H15N3O/c14-13-7-15-6-10(13)12(17)16-5-4-8-2-1-3-9(13)11(8)16/h1-3,10,15H,4-7,14H2/t10-,13-/m1/s1. The Hall–Kier alpha value is -1.39. The summed E-state index contributed by atoms with van der Waals surface area (Å²) < 4.78 is 0. The fraction of sp³-hybridized carbons (Fsp3) is 0.462. The van der Waals surface area contributed by atoms with E-state index in [4.69, 9.17) is 5.73 Å². The molecule has 0 unspecified atom stereocenters. The Balaban J connectivity index is 2.03. The summed E-state index contributed by atoms with van der Waals surface area (Å²) in [5.74, 6) is 0.110. The van der Waals surface area contributed by atoms with Gasteiger partial charge >= 0.3 is 0 Å². The summed E-state index contributed by atoms with van der Waals surface area (Å²) in [6, 6.07) is 6.26. The van der Waals surface area contributed by atoms with Crippen molar-refractivity contribution in [3.8, 4) is 0 Å². The first-order valence-electron chi connectivity index (χ1n) is 6.15. The third-order valence-electron chi connectivity index (χ3n) is 4.45. The van der Waals surface area contributed by atoms with Crippen molar-refractivity contribution in [3.63, 3.8) is 0 Å². The first kappa shape index (κ1) is 9.62. The zero-order chi connectivity index (χ0) is 11.6. The summed E-state index contributed by atoms with van der Waals surface area (Å²) in [7, 11) is 0. The van der Waals surface area contributed by atoms with Gasteiger partial charge in [0, 0.05) is 19.6 Å². The highest BCUT2D eigenvalue weighted by Crippen LogP contribution is 2.46. The molecule has 0 aliphatic carbocycles. The van der Waals surface area contributed by atoms with E-state index in [1.807, 2.05) is 4.90 Å². The number of nitrogens with one attached hydrogen (secondary N) is 1. The lowest BCUT2D eigenvalue weighted by Gasteiger charge is -2.40. The molecule has 4 nitrogen and oxygen atoms in total. The average Bonchev–Trinajstić information content (AvgIpc) is 2.91. The lowest BCUT2D eigenvalue weighted by molar-refractivity contribution is -0.123. The molecule has 88 valence electrons. The van der Waals surface area contributed by atoms with E-state index in [-0.39, 0.29) is 11.8 Å². The number of carbonyl (C=O) groups excluding carboxylic acids is 1. The molecule has 4 heteroatoms. The van der Waals surface area contributed by atoms with Crippen molar-refractivity contribution in [2.45, 2.75) is 12.0 Å². The average molecular weight is 229 g/mol. The molecule has 1 saturated heterocycles. The molecule has 0 aromatic heterocycles. The maximum atomic E-state index is 12.4. The Bertz CT molecular complexity index is 527. The third-order valence-corrected chi connectivity index (χ3v) is 4.45. The summed E-state index contributed by atoms with van der Waals surface area (Å²) in [6.07, 6.45) is 0.963. The van der Waals surface area contributed by atoms with Crippen LogP contribution >= 0.6 is 0 Å². The Morgan fingerprint density at radius 2 is 2.35 bits per heavy atom. The largest absolute Gasteiger partial charge is 0.320 e. The predicted molar refractivity (Wildman–Crippen MR) is 64.7 cm³/mol. The number of amides is 1. The van der Waals surface area contributed by atoms with Crippen LogP contribution in [0.3, 0.4) is 0 Å². The second-order valence-electron chi connectivity index (χ2n) is 5.28. The van der Waals surface area contributed by atoms with Crippen LogP contribution in [0.1, 0.15) is 11.1 Å². The van der Waals surface area contributed by atoms with E-state index < -0.39 is 5.54 Å². The van der Waals surface area contributed by atoms with Crippen LogP contribution in [0, 0.1) is 5.92 Å². The van der Waals surface area contributed by atoms with Gasteiger partial charge in [-0.2, -0.15) is 0 Å². The number of nitrogens with two attached hydrogens (primary N) is 1. The van der Waals surface area contributed by atoms with Gasteiger partial charge in [0.15, 0.2) is 0 Å². The molecule has 1 aromatic rings. The van der Waals surface area contributed by atoms with Crippen LogP contribution in [-0.2, 0) is 16.8 Å². The van der Waals surface area contributed by atoms with Crippen LogP contribution in [0.4, 0.5) is 5.69 Å². The smallest absolute Gasteiger partial charge is 0.233 e. The van der Waals surface area contributed by atoms with Gasteiger partial charge in [-0.25, -0.2) is 0 Å². The molecule has 0 radical (unpaired) electrons. The van der Waals surface area contributed by atoms with Crippen molar-refractivity contribution in [2.24, 2.45) is 11.7 Å². The number of anilines is 1. The van der Waals surface area contributed by atoms with Crippen LogP contribution in [0.15, 0.2) is 18.2 Å². The van der Waals surface area contributed by atoms with Gasteiger partial charge in [-0.3, -0.25) is 4.79 Å². The van der Waals surface area contributed by atoms with Gasteiger partial charge in [-0.1, -0.05) is 18.2 Å². The normalized spacial score (nSPS) is 33.8. The lowest BCUT2D eigenvalue weighted by Crippen LogP contribution is -2.55. The first-order valence-corrected chi connectivity index (χ1v) is 6.15. The van der Waals surface area contributed by atoms with Crippen molar-refractivity contribution in [1.82, 2.24) is 5.32 Å². The number of nitrogens with zero attached hydrogens (tertiary/aromatic N) is 1. The molecule has 1 amide bonds. The van der Waals surface area contributed by atoms with E-state index in [9.17, 15) is 4.79 Å². The molecule has 0 bridgehead atoms. The number of fused-ring (bicyclic) bond motifs is 2. The molecular formula is C13H15N3O. The van der Waals surface area contributed by atoms with Crippen molar-refractivity contribution >= 4 is 11.6 Å². The van der Waals surface area contributed by atoms with E-state index in [1.54, 1.807) is 0 Å². The Morgan fingerprint density at radius 3 is 3.24 bits per heavy atom. The first-order chi connectivity index (χ1) is 8.22. The van der Waals surface area contributed by atoms with Crippen LogP contribution in [0.5, 0.6) is 0 Å². The van der Waals surface area contributed by atoms with Crippen molar-refractivity contribution in [3.05, 3.63) is 29.3 Å². The number of rotatable bonds is 0. The van der Waals surface area contributed by atoms with Crippen LogP contribution in [0.2, 0.25) is 0 Å². The SMILES string of the molecule is N[C@@]12CNC[C@@H]1C(=O)N1CCc3cccc2c31. The molecule has 4 rings (SSSR count). The van der Waals surface area contributed by atoms with Crippen molar-refractivity contribution in [2.75, 3.05) is 24.5 Å². The van der Waals surface area contributed by atoms with Gasteiger partial charge in [-0.15, -0.1) is 0 Å². The van der Waals surface area contributed by atoms with E-state index in [0.29, 0.717) is 13.1 Å². The molecule has 3 heterocycles. The molecule has 3 N–H and O–H groups in total. The Kier molecular flexibility index (Phi) is 1.63. The molecular weight excluding hydrogens is 214 g/mol. The minimum Gasteiger partial charge on any atom is -0.320 e. The number of hydrogen-bond acceptors (Lipinski definition) is 3. The highest BCUT2D eigenvalue weighted by Gasteiger charge is 2.53. The zero-order valence-corrected chi connectivity index (χ0v) is 9.57. The monoisotopic (exact) mass is 229 g/mol. The quantitative estimate of drug-likeness (QED) is 0.656. The molecule has 0 saturated carbocycles. The van der Waals surface area contributed by atoms with Crippen LogP contribution in [-0.4, -0.2) is 25.5 Å². The van der Waals surface area contributed by atoms with E-state index in [1.165, 1.54) is 5.56 Å². The fourth-order valence-electron chi connectivity index (χ4n) is 3.56. The maximum Gasteiger partial charge on any atom is 0.233 e. The number of hydrogen-bond donors (Lipinski definition) is 2. The highest BCUT2D eigenvalue weighted by atomic mass is 16.2. The summed E-state index contributed by atoms with van der Waals surface area (Å²) in [5.41, 5.74) is 9.54. The molecule has 3 aliphatic rings. The third kappa shape index (κ3) is 0.983. The number of benzene rings is 1. The second kappa shape index (κ2) is 2.89. The van der Waals surface area contributed by atoms with Crippen LogP contribution < -0.4 is 16.0 Å². The Morgan fingerprint density at radius 1 is 1.47 bits per heavy atom. The minimum atomic E-state index is -0.497. The molecule has 17 heavy (non-hydrogen) atoms. The van der Waals surface area contributed by atoms with Gasteiger partial charge in [0.1, 0.15) is 0 Å². The summed E-state index contributed by atoms with van der Waals surface area (Å²) >= 11 is 0. The lowest BCUT2D eigenvalue weighted by atomic mass is 9.76. The van der Waals surface area contributed by atoms with E-state index >= 15 is 0 Å². The molecule has 0 spiro atoms. The van der Waals surface area contributed by atoms with Crippen molar-refractivity contribution < 1.29 is 4.79 Å². The molecule has 1 aromatic carbocycles. The second-order valence-corrected chi connectivity index (χ2v) is 5.28. The number of carbonyl (C=O) groups is 1. The zero-order valence-electron chi connectivity index (χ0n) is 9.57. The van der Waals surface area contributed by atoms with Gasteiger partial charge in [0.25, 0.3) is 0 Å². The molecule has 2 atom stereocenters. The van der Waals surface area contributed by atoms with Gasteiger partial charge in [0.05, 0.1) is 17.1 Å². The number of para-hydroxylation sites is 1. The van der Waals surface area contributed by atoms with Crippen LogP contribution in [0.25, 0.3) is 0 Å². The topological polar surface area (TPSA) is 58.4 Å². The minimum absolute atomic E-state index is 0.0941. The molecule has 1 fully saturated rings. The highest BCUT2D eigenvalue weighted by molar-refractivity contribution is 6.02. The summed E-state index contributed by atoms with van der Waals surface area (Å²) in [4.78, 5) is 14.4.